The molecule has 2 aliphatic heterocycles. The van der Waals surface area contributed by atoms with E-state index in [-0.39, 0.29) is 52.0 Å². The summed E-state index contributed by atoms with van der Waals surface area (Å²) in [5.41, 5.74) is 0.649. The van der Waals surface area contributed by atoms with Gasteiger partial charge < -0.3 is 19.5 Å². The van der Waals surface area contributed by atoms with Crippen LogP contribution in [0.3, 0.4) is 0 Å². The lowest BCUT2D eigenvalue weighted by atomic mass is 9.73. The Balaban J connectivity index is 1.23. The van der Waals surface area contributed by atoms with Crippen LogP contribution in [0.2, 0.25) is 10.2 Å². The number of rotatable bonds is 6. The maximum Gasteiger partial charge on any atom is 0.416 e. The Morgan fingerprint density at radius 1 is 1.12 bits per heavy atom. The maximum atomic E-state index is 14.4. The number of hydrogen-bond acceptors (Lipinski definition) is 8. The lowest BCUT2D eigenvalue weighted by molar-refractivity contribution is -0.137. The lowest BCUT2D eigenvalue weighted by Gasteiger charge is -2.39. The van der Waals surface area contributed by atoms with Gasteiger partial charge in [0.05, 0.1) is 41.6 Å². The van der Waals surface area contributed by atoms with Crippen LogP contribution in [-0.4, -0.2) is 72.4 Å². The number of ether oxygens (including phenoxy) is 1. The van der Waals surface area contributed by atoms with E-state index in [1.54, 1.807) is 21.6 Å². The Morgan fingerprint density at radius 2 is 1.90 bits per heavy atom. The fraction of sp³-hybridized carbons (Fsp3) is 0.424. The van der Waals surface area contributed by atoms with E-state index in [0.29, 0.717) is 74.8 Å². The van der Waals surface area contributed by atoms with Gasteiger partial charge in [0.1, 0.15) is 6.54 Å². The predicted molar refractivity (Wildman–Crippen MR) is 177 cm³/mol. The van der Waals surface area contributed by atoms with Crippen molar-refractivity contribution in [1.82, 2.24) is 34.3 Å². The van der Waals surface area contributed by atoms with E-state index in [1.165, 1.54) is 4.52 Å². The van der Waals surface area contributed by atoms with Crippen molar-refractivity contribution in [3.63, 3.8) is 0 Å². The number of halogens is 5. The van der Waals surface area contributed by atoms with Crippen LogP contribution in [0.5, 0.6) is 0 Å². The van der Waals surface area contributed by atoms with Gasteiger partial charge in [-0.15, -0.1) is 10.2 Å². The van der Waals surface area contributed by atoms with Crippen molar-refractivity contribution < 1.29 is 27.5 Å². The fourth-order valence-corrected chi connectivity index (χ4v) is 7.69. The molecule has 3 aliphatic rings. The first-order chi connectivity index (χ1) is 23.8. The van der Waals surface area contributed by atoms with Crippen LogP contribution < -0.4 is 10.9 Å². The number of carbonyl (C=O) groups excluding carboxylic acids is 2. The SMILES string of the molecule is CC1CC2(CCN(C(=O)Cc3ccc(Cl)nn3)CC2)c2c1n(CC(=O)Nc1ccc(C(F)(F)F)cc1Cl)c1nc(C3=CCOCC3)nn1c2=O. The van der Waals surface area contributed by atoms with Crippen LogP contribution >= 0.6 is 23.2 Å². The average molecular weight is 732 g/mol. The molecule has 0 saturated carbocycles. The van der Waals surface area contributed by atoms with E-state index < -0.39 is 23.1 Å². The van der Waals surface area contributed by atoms with Gasteiger partial charge in [-0.2, -0.15) is 27.8 Å². The van der Waals surface area contributed by atoms with Gasteiger partial charge in [0.25, 0.3) is 5.56 Å². The Bertz CT molecular complexity index is 2090. The number of anilines is 1. The smallest absolute Gasteiger partial charge is 0.377 e. The first kappa shape index (κ1) is 34.1. The molecule has 0 radical (unpaired) electrons. The molecule has 50 heavy (non-hydrogen) atoms. The second-order valence-electron chi connectivity index (χ2n) is 12.9. The summed E-state index contributed by atoms with van der Waals surface area (Å²) in [4.78, 5) is 47.6. The fourth-order valence-electron chi connectivity index (χ4n) is 7.36. The molecule has 262 valence electrons. The van der Waals surface area contributed by atoms with Crippen LogP contribution in [0.1, 0.15) is 66.9 Å². The number of aromatic nitrogens is 6. The van der Waals surface area contributed by atoms with Crippen LogP contribution in [0, 0.1) is 0 Å². The molecule has 5 heterocycles. The number of hydrogen-bond donors (Lipinski definition) is 1. The normalized spacial score (nSPS) is 18.7. The third-order valence-corrected chi connectivity index (χ3v) is 10.2. The molecule has 1 fully saturated rings. The van der Waals surface area contributed by atoms with E-state index in [4.69, 9.17) is 32.9 Å². The molecule has 1 saturated heterocycles. The Hall–Kier alpha value is -4.34. The zero-order chi connectivity index (χ0) is 35.4. The van der Waals surface area contributed by atoms with Crippen molar-refractivity contribution in [1.29, 1.82) is 0 Å². The van der Waals surface area contributed by atoms with Crippen molar-refractivity contribution in [3.05, 3.63) is 85.3 Å². The zero-order valence-corrected chi connectivity index (χ0v) is 28.3. The number of nitrogens with zero attached hydrogens (tertiary/aromatic N) is 7. The molecule has 2 amide bonds. The van der Waals surface area contributed by atoms with Crippen LogP contribution in [-0.2, 0) is 38.9 Å². The van der Waals surface area contributed by atoms with E-state index in [9.17, 15) is 27.6 Å². The number of likely N-dealkylation sites (tertiary alicyclic amines) is 1. The molecular weight excluding hydrogens is 700 g/mol. The quantitative estimate of drug-likeness (QED) is 0.291. The minimum absolute atomic E-state index is 0.0130. The molecule has 0 bridgehead atoms. The Kier molecular flexibility index (Phi) is 8.93. The summed E-state index contributed by atoms with van der Waals surface area (Å²) < 4.78 is 48.0. The van der Waals surface area contributed by atoms with Crippen molar-refractivity contribution >= 4 is 52.1 Å². The topological polar surface area (TPSA) is 137 Å². The van der Waals surface area contributed by atoms with Crippen LogP contribution in [0.15, 0.2) is 41.2 Å². The van der Waals surface area contributed by atoms with E-state index in [0.717, 1.165) is 23.8 Å². The highest BCUT2D eigenvalue weighted by Crippen LogP contribution is 2.50. The van der Waals surface area contributed by atoms with E-state index in [2.05, 4.69) is 20.6 Å². The summed E-state index contributed by atoms with van der Waals surface area (Å²) in [6.45, 7) is 3.34. The second-order valence-corrected chi connectivity index (χ2v) is 13.7. The molecule has 1 N–H and O–H groups in total. The number of carbonyl (C=O) groups is 2. The largest absolute Gasteiger partial charge is 0.416 e. The third-order valence-electron chi connectivity index (χ3n) is 9.69. The predicted octanol–water partition coefficient (Wildman–Crippen LogP) is 5.06. The number of alkyl halides is 3. The van der Waals surface area contributed by atoms with Gasteiger partial charge in [0.15, 0.2) is 11.0 Å². The summed E-state index contributed by atoms with van der Waals surface area (Å²) in [5, 5.41) is 15.0. The molecule has 4 aromatic rings. The second kappa shape index (κ2) is 13.1. The van der Waals surface area contributed by atoms with Crippen molar-refractivity contribution in [2.45, 2.75) is 63.1 Å². The van der Waals surface area contributed by atoms with E-state index in [1.807, 2.05) is 13.0 Å². The number of nitrogens with one attached hydrogen (secondary N) is 1. The molecule has 1 unspecified atom stereocenters. The maximum absolute atomic E-state index is 14.4. The third kappa shape index (κ3) is 6.37. The molecule has 17 heteroatoms. The van der Waals surface area contributed by atoms with Gasteiger partial charge in [-0.25, -0.2) is 0 Å². The molecule has 1 atom stereocenters. The molecule has 12 nitrogen and oxygen atoms in total. The molecule has 3 aromatic heterocycles. The Morgan fingerprint density at radius 3 is 2.56 bits per heavy atom. The number of amides is 2. The molecule has 1 aromatic carbocycles. The highest BCUT2D eigenvalue weighted by Gasteiger charge is 2.49. The van der Waals surface area contributed by atoms with Crippen LogP contribution in [0.4, 0.5) is 18.9 Å². The summed E-state index contributed by atoms with van der Waals surface area (Å²) in [7, 11) is 0. The Labute approximate surface area is 293 Å². The summed E-state index contributed by atoms with van der Waals surface area (Å²) >= 11 is 12.0. The lowest BCUT2D eigenvalue weighted by Crippen LogP contribution is -2.47. The van der Waals surface area contributed by atoms with Crippen molar-refractivity contribution in [2.24, 2.45) is 0 Å². The standard InChI is InChI=1S/C33H31Cl2F3N8O4/c1-18-16-32(8-10-44(11-9-32)26(48)15-21-3-5-24(35)42-41-21)27-28(18)45(17-25(47)39-23-4-2-20(14-22(23)34)33(36,37)38)31-40-29(43-46(31)30(27)49)19-6-12-50-13-7-19/h2-6,14,18H,7-13,15-17H2,1H3,(H,39,47). The van der Waals surface area contributed by atoms with Gasteiger partial charge in [0, 0.05) is 29.8 Å². The minimum atomic E-state index is -4.60. The highest BCUT2D eigenvalue weighted by atomic mass is 35.5. The summed E-state index contributed by atoms with van der Waals surface area (Å²) in [5.74, 6) is -0.334. The molecule has 1 aliphatic carbocycles. The van der Waals surface area contributed by atoms with Gasteiger partial charge in [-0.05, 0) is 67.5 Å². The van der Waals surface area contributed by atoms with Crippen molar-refractivity contribution in [2.75, 3.05) is 31.6 Å². The van der Waals surface area contributed by atoms with Crippen LogP contribution in [0.25, 0.3) is 11.4 Å². The molecule has 1 spiro atoms. The number of piperidine rings is 1. The first-order valence-corrected chi connectivity index (χ1v) is 16.8. The monoisotopic (exact) mass is 730 g/mol. The van der Waals surface area contributed by atoms with Gasteiger partial charge in [0.2, 0.25) is 17.6 Å². The molecular formula is C33H31Cl2F3N8O4. The average Bonchev–Trinajstić information content (AvgIpc) is 3.65. The van der Waals surface area contributed by atoms with Gasteiger partial charge >= 0.3 is 6.18 Å². The van der Waals surface area contributed by atoms with Gasteiger partial charge in [-0.3, -0.25) is 14.4 Å². The number of fused-ring (bicyclic) bond motifs is 3. The number of benzene rings is 1. The summed E-state index contributed by atoms with van der Waals surface area (Å²) in [6.07, 6.45) is -0.493. The highest BCUT2D eigenvalue weighted by molar-refractivity contribution is 6.33. The van der Waals surface area contributed by atoms with E-state index >= 15 is 0 Å². The van der Waals surface area contributed by atoms with Gasteiger partial charge in [-0.1, -0.05) is 36.2 Å². The summed E-state index contributed by atoms with van der Waals surface area (Å²) in [6, 6.07) is 5.94. The molecule has 7 rings (SSSR count). The minimum Gasteiger partial charge on any atom is -0.377 e. The zero-order valence-electron chi connectivity index (χ0n) is 26.8. The first-order valence-electron chi connectivity index (χ1n) is 16.1. The van der Waals surface area contributed by atoms with Crippen molar-refractivity contribution in [3.8, 4) is 0 Å².